The third-order valence-corrected chi connectivity index (χ3v) is 5.13. The van der Waals surface area contributed by atoms with Crippen molar-refractivity contribution in [3.8, 4) is 11.5 Å². The van der Waals surface area contributed by atoms with Crippen LogP contribution in [0.4, 0.5) is 4.39 Å². The molecule has 0 saturated heterocycles. The number of carbonyl (C=O) groups excluding carboxylic acids is 2. The Morgan fingerprint density at radius 1 is 1.00 bits per heavy atom. The van der Waals surface area contributed by atoms with E-state index < -0.39 is 11.9 Å². The number of nitrogens with zero attached hydrogens (tertiary/aromatic N) is 1. The molecule has 2 amide bonds. The van der Waals surface area contributed by atoms with Crippen LogP contribution < -0.4 is 14.8 Å². The van der Waals surface area contributed by atoms with E-state index in [9.17, 15) is 14.0 Å². The van der Waals surface area contributed by atoms with E-state index in [1.807, 2.05) is 45.9 Å². The Bertz CT molecular complexity index is 932. The van der Waals surface area contributed by atoms with Crippen molar-refractivity contribution in [2.45, 2.75) is 66.1 Å². The Hall–Kier alpha value is -3.09. The van der Waals surface area contributed by atoms with E-state index in [-0.39, 0.29) is 30.8 Å². The zero-order valence-electron chi connectivity index (χ0n) is 20.2. The van der Waals surface area contributed by atoms with Gasteiger partial charge in [0.15, 0.2) is 11.5 Å². The van der Waals surface area contributed by atoms with E-state index in [1.165, 1.54) is 11.0 Å². The SMILES string of the molecule is CCOc1ccc(CCC(=O)N(Cc2ccccc2F)[C@@H](C)C(=O)NC(C)C)cc1OCC. The molecule has 0 aliphatic heterocycles. The van der Waals surface area contributed by atoms with Crippen molar-refractivity contribution in [3.05, 3.63) is 59.4 Å². The van der Waals surface area contributed by atoms with E-state index in [0.717, 1.165) is 5.56 Å². The maximum absolute atomic E-state index is 14.3. The second-order valence-corrected chi connectivity index (χ2v) is 8.10. The van der Waals surface area contributed by atoms with Crippen LogP contribution >= 0.6 is 0 Å². The number of hydrogen-bond donors (Lipinski definition) is 1. The first kappa shape index (κ1) is 26.2. The summed E-state index contributed by atoms with van der Waals surface area (Å²) in [5, 5.41) is 2.83. The molecule has 0 aromatic heterocycles. The average Bonchev–Trinajstić information content (AvgIpc) is 2.78. The monoisotopic (exact) mass is 458 g/mol. The summed E-state index contributed by atoms with van der Waals surface area (Å²) in [6, 6.07) is 11.1. The topological polar surface area (TPSA) is 67.9 Å². The minimum atomic E-state index is -0.737. The number of nitrogens with one attached hydrogen (secondary N) is 1. The van der Waals surface area contributed by atoms with Gasteiger partial charge in [-0.2, -0.15) is 0 Å². The quantitative estimate of drug-likeness (QED) is 0.509. The molecule has 180 valence electrons. The summed E-state index contributed by atoms with van der Waals surface area (Å²) < 4.78 is 25.6. The second kappa shape index (κ2) is 12.8. The first-order valence-electron chi connectivity index (χ1n) is 11.5. The molecule has 33 heavy (non-hydrogen) atoms. The summed E-state index contributed by atoms with van der Waals surface area (Å²) in [7, 11) is 0. The predicted octanol–water partition coefficient (Wildman–Crippen LogP) is 4.50. The van der Waals surface area contributed by atoms with Gasteiger partial charge in [-0.3, -0.25) is 9.59 Å². The minimum Gasteiger partial charge on any atom is -0.490 e. The van der Waals surface area contributed by atoms with Crippen LogP contribution in [0.5, 0.6) is 11.5 Å². The number of rotatable bonds is 12. The number of halogens is 1. The van der Waals surface area contributed by atoms with Crippen molar-refractivity contribution in [2.75, 3.05) is 13.2 Å². The standard InChI is InChI=1S/C26H35FN2O4/c1-6-32-23-14-12-20(16-24(23)33-7-2)13-15-25(30)29(19(5)26(31)28-18(3)4)17-21-10-8-9-11-22(21)27/h8-12,14,16,18-19H,6-7,13,15,17H2,1-5H3,(H,28,31)/t19-/m0/s1. The van der Waals surface area contributed by atoms with Crippen LogP contribution in [0.1, 0.15) is 52.2 Å². The van der Waals surface area contributed by atoms with Crippen LogP contribution in [-0.2, 0) is 22.6 Å². The lowest BCUT2D eigenvalue weighted by Gasteiger charge is -2.29. The van der Waals surface area contributed by atoms with Crippen LogP contribution in [0.2, 0.25) is 0 Å². The zero-order chi connectivity index (χ0) is 24.4. The van der Waals surface area contributed by atoms with Crippen molar-refractivity contribution in [3.63, 3.8) is 0 Å². The largest absolute Gasteiger partial charge is 0.490 e. The zero-order valence-corrected chi connectivity index (χ0v) is 20.2. The van der Waals surface area contributed by atoms with Gasteiger partial charge in [0, 0.05) is 24.6 Å². The first-order chi connectivity index (χ1) is 15.8. The number of benzene rings is 2. The van der Waals surface area contributed by atoms with Gasteiger partial charge >= 0.3 is 0 Å². The molecule has 0 unspecified atom stereocenters. The molecule has 0 spiro atoms. The van der Waals surface area contributed by atoms with E-state index in [0.29, 0.717) is 36.7 Å². The van der Waals surface area contributed by atoms with Crippen molar-refractivity contribution >= 4 is 11.8 Å². The predicted molar refractivity (Wildman–Crippen MR) is 127 cm³/mol. The number of carbonyl (C=O) groups is 2. The lowest BCUT2D eigenvalue weighted by molar-refractivity contribution is -0.140. The summed E-state index contributed by atoms with van der Waals surface area (Å²) in [4.78, 5) is 27.3. The van der Waals surface area contributed by atoms with Crippen molar-refractivity contribution in [1.29, 1.82) is 0 Å². The van der Waals surface area contributed by atoms with Crippen LogP contribution in [-0.4, -0.2) is 42.0 Å². The molecular weight excluding hydrogens is 423 g/mol. The van der Waals surface area contributed by atoms with Gasteiger partial charge in [-0.05, 0) is 64.8 Å². The van der Waals surface area contributed by atoms with Gasteiger partial charge in [0.05, 0.1) is 13.2 Å². The van der Waals surface area contributed by atoms with E-state index >= 15 is 0 Å². The molecule has 0 aliphatic carbocycles. The second-order valence-electron chi connectivity index (χ2n) is 8.10. The van der Waals surface area contributed by atoms with Crippen LogP contribution in [0, 0.1) is 5.82 Å². The summed E-state index contributed by atoms with van der Waals surface area (Å²) in [5.41, 5.74) is 1.29. The summed E-state index contributed by atoms with van der Waals surface area (Å²) in [6.07, 6.45) is 0.630. The Morgan fingerprint density at radius 2 is 1.67 bits per heavy atom. The molecule has 1 N–H and O–H groups in total. The molecule has 0 aliphatic rings. The van der Waals surface area contributed by atoms with Crippen molar-refractivity contribution in [2.24, 2.45) is 0 Å². The molecule has 2 aromatic carbocycles. The van der Waals surface area contributed by atoms with E-state index in [4.69, 9.17) is 9.47 Å². The fourth-order valence-electron chi connectivity index (χ4n) is 3.44. The highest BCUT2D eigenvalue weighted by Crippen LogP contribution is 2.29. The molecule has 0 heterocycles. The summed E-state index contributed by atoms with van der Waals surface area (Å²) >= 11 is 0. The molecule has 0 bridgehead atoms. The van der Waals surface area contributed by atoms with Gasteiger partial charge in [-0.1, -0.05) is 24.3 Å². The van der Waals surface area contributed by atoms with Crippen LogP contribution in [0.25, 0.3) is 0 Å². The van der Waals surface area contributed by atoms with Gasteiger partial charge < -0.3 is 19.7 Å². The summed E-state index contributed by atoms with van der Waals surface area (Å²) in [6.45, 7) is 10.2. The van der Waals surface area contributed by atoms with Crippen molar-refractivity contribution < 1.29 is 23.5 Å². The molecule has 7 heteroatoms. The Balaban J connectivity index is 2.19. The van der Waals surface area contributed by atoms with Gasteiger partial charge in [-0.15, -0.1) is 0 Å². The average molecular weight is 459 g/mol. The Labute approximate surface area is 196 Å². The van der Waals surface area contributed by atoms with Crippen LogP contribution in [0.3, 0.4) is 0 Å². The van der Waals surface area contributed by atoms with Gasteiger partial charge in [0.2, 0.25) is 11.8 Å². The normalized spacial score (nSPS) is 11.7. The molecule has 0 fully saturated rings. The summed E-state index contributed by atoms with van der Waals surface area (Å²) in [5.74, 6) is 0.400. The number of amides is 2. The smallest absolute Gasteiger partial charge is 0.242 e. The maximum Gasteiger partial charge on any atom is 0.242 e. The van der Waals surface area contributed by atoms with Gasteiger partial charge in [-0.25, -0.2) is 4.39 Å². The van der Waals surface area contributed by atoms with E-state index in [2.05, 4.69) is 5.32 Å². The lowest BCUT2D eigenvalue weighted by Crippen LogP contribution is -2.49. The molecule has 2 aromatic rings. The fourth-order valence-corrected chi connectivity index (χ4v) is 3.44. The molecule has 0 saturated carbocycles. The maximum atomic E-state index is 14.3. The molecule has 1 atom stereocenters. The highest BCUT2D eigenvalue weighted by molar-refractivity contribution is 5.87. The number of ether oxygens (including phenoxy) is 2. The van der Waals surface area contributed by atoms with E-state index in [1.54, 1.807) is 25.1 Å². The van der Waals surface area contributed by atoms with Crippen LogP contribution in [0.15, 0.2) is 42.5 Å². The third kappa shape index (κ3) is 7.77. The Morgan fingerprint density at radius 3 is 2.30 bits per heavy atom. The lowest BCUT2D eigenvalue weighted by atomic mass is 10.1. The number of hydrogen-bond acceptors (Lipinski definition) is 4. The third-order valence-electron chi connectivity index (χ3n) is 5.13. The molecule has 6 nitrogen and oxygen atoms in total. The van der Waals surface area contributed by atoms with Gasteiger partial charge in [0.25, 0.3) is 0 Å². The highest BCUT2D eigenvalue weighted by Gasteiger charge is 2.27. The number of aryl methyl sites for hydroxylation is 1. The molecular formula is C26H35FN2O4. The molecule has 2 rings (SSSR count). The Kier molecular flexibility index (Phi) is 10.2. The highest BCUT2D eigenvalue weighted by atomic mass is 19.1. The first-order valence-corrected chi connectivity index (χ1v) is 11.5. The minimum absolute atomic E-state index is 0.0195. The van der Waals surface area contributed by atoms with Gasteiger partial charge in [0.1, 0.15) is 11.9 Å². The van der Waals surface area contributed by atoms with Crippen molar-refractivity contribution in [1.82, 2.24) is 10.2 Å². The fraction of sp³-hybridized carbons (Fsp3) is 0.462. The molecule has 0 radical (unpaired) electrons.